The lowest BCUT2D eigenvalue weighted by molar-refractivity contribution is 0.0665. The van der Waals surface area contributed by atoms with E-state index in [1.54, 1.807) is 59.8 Å². The smallest absolute Gasteiger partial charge is 0.254 e. The molecule has 1 fully saturated rings. The van der Waals surface area contributed by atoms with E-state index in [1.807, 2.05) is 0 Å². The first-order valence-electron chi connectivity index (χ1n) is 12.3. The second kappa shape index (κ2) is 10.3. The lowest BCUT2D eigenvalue weighted by Crippen LogP contribution is -2.55. The Kier molecular flexibility index (Phi) is 6.96. The number of aliphatic imine (C=N–C) groups is 1. The maximum atomic E-state index is 13.5. The molecule has 3 aromatic rings. The molecule has 3 heterocycles. The van der Waals surface area contributed by atoms with Crippen molar-refractivity contribution in [2.75, 3.05) is 19.6 Å². The summed E-state index contributed by atoms with van der Waals surface area (Å²) in [6.45, 7) is 1.67. The van der Waals surface area contributed by atoms with Crippen molar-refractivity contribution in [2.45, 2.75) is 29.8 Å². The normalized spacial score (nSPS) is 16.6. The highest BCUT2D eigenvalue weighted by molar-refractivity contribution is 7.89. The quantitative estimate of drug-likeness (QED) is 0.392. The number of hydrogen-bond donors (Lipinski definition) is 3. The van der Waals surface area contributed by atoms with Gasteiger partial charge in [0.1, 0.15) is 0 Å². The van der Waals surface area contributed by atoms with Crippen molar-refractivity contribution in [2.24, 2.45) is 10.7 Å². The number of carbonyl (C=O) groups is 2. The molecule has 11 heteroatoms. The SMILES string of the molecule is NC1=NCC2(CCN(C(=O)c3ccccc3C(=O)c3cccc(S(=O)(=O)NCc4cccnc4)c3)CC2)N1. The molecule has 10 nitrogen and oxygen atoms in total. The van der Waals surface area contributed by atoms with Gasteiger partial charge in [0.05, 0.1) is 22.5 Å². The summed E-state index contributed by atoms with van der Waals surface area (Å²) in [7, 11) is -3.88. The molecule has 0 saturated carbocycles. The van der Waals surface area contributed by atoms with Gasteiger partial charge in [-0.05, 0) is 42.7 Å². The third-order valence-corrected chi connectivity index (χ3v) is 8.35. The Labute approximate surface area is 221 Å². The van der Waals surface area contributed by atoms with Crippen LogP contribution in [0.25, 0.3) is 0 Å². The number of piperidine rings is 1. The van der Waals surface area contributed by atoms with Crippen molar-refractivity contribution in [3.05, 3.63) is 95.3 Å². The van der Waals surface area contributed by atoms with Crippen LogP contribution < -0.4 is 15.8 Å². The highest BCUT2D eigenvalue weighted by Crippen LogP contribution is 2.27. The first kappa shape index (κ1) is 25.6. The van der Waals surface area contributed by atoms with E-state index >= 15 is 0 Å². The third-order valence-electron chi connectivity index (χ3n) is 6.95. The van der Waals surface area contributed by atoms with E-state index in [0.717, 1.165) is 0 Å². The van der Waals surface area contributed by atoms with Crippen LogP contribution in [0.5, 0.6) is 0 Å². The summed E-state index contributed by atoms with van der Waals surface area (Å²) < 4.78 is 28.3. The Hall–Kier alpha value is -4.09. The van der Waals surface area contributed by atoms with Gasteiger partial charge in [0.25, 0.3) is 5.91 Å². The Morgan fingerprint density at radius 1 is 1.03 bits per heavy atom. The second-order valence-corrected chi connectivity index (χ2v) is 11.3. The molecule has 0 aliphatic carbocycles. The summed E-state index contributed by atoms with van der Waals surface area (Å²) >= 11 is 0. The molecule has 1 spiro atoms. The fourth-order valence-corrected chi connectivity index (χ4v) is 5.83. The minimum atomic E-state index is -3.88. The molecule has 0 unspecified atom stereocenters. The number of ketones is 1. The Morgan fingerprint density at radius 2 is 1.79 bits per heavy atom. The summed E-state index contributed by atoms with van der Waals surface area (Å²) in [4.78, 5) is 36.9. The van der Waals surface area contributed by atoms with Crippen molar-refractivity contribution in [3.63, 3.8) is 0 Å². The molecule has 1 amide bonds. The number of carbonyl (C=O) groups excluding carboxylic acids is 2. The number of sulfonamides is 1. The molecular formula is C27H28N6O4S. The third kappa shape index (κ3) is 5.29. The monoisotopic (exact) mass is 532 g/mol. The van der Waals surface area contributed by atoms with Gasteiger partial charge in [-0.2, -0.15) is 0 Å². The van der Waals surface area contributed by atoms with Gasteiger partial charge in [-0.25, -0.2) is 13.1 Å². The summed E-state index contributed by atoms with van der Waals surface area (Å²) in [5.74, 6) is -0.236. The van der Waals surface area contributed by atoms with Crippen molar-refractivity contribution in [1.29, 1.82) is 0 Å². The predicted molar refractivity (Wildman–Crippen MR) is 142 cm³/mol. The standard InChI is InChI=1S/C27H28N6O4S/c28-26-30-18-27(32-26)10-13-33(14-11-27)25(35)23-9-2-1-8-22(23)24(34)20-6-3-7-21(15-20)38(36,37)31-17-19-5-4-12-29-16-19/h1-9,12,15-16,31H,10-11,13-14,17-18H2,(H3,28,30,32). The molecule has 5 rings (SSSR count). The van der Waals surface area contributed by atoms with E-state index in [1.165, 1.54) is 18.2 Å². The largest absolute Gasteiger partial charge is 0.370 e. The maximum Gasteiger partial charge on any atom is 0.254 e. The number of pyridine rings is 1. The molecule has 4 N–H and O–H groups in total. The molecule has 0 bridgehead atoms. The number of nitrogens with zero attached hydrogens (tertiary/aromatic N) is 3. The number of amides is 1. The molecule has 2 aromatic carbocycles. The molecule has 1 saturated heterocycles. The first-order chi connectivity index (χ1) is 18.3. The lowest BCUT2D eigenvalue weighted by atomic mass is 9.87. The molecule has 0 atom stereocenters. The number of hydrogen-bond acceptors (Lipinski definition) is 8. The molecule has 2 aliphatic rings. The van der Waals surface area contributed by atoms with Gasteiger partial charge in [0.2, 0.25) is 10.0 Å². The molecular weight excluding hydrogens is 504 g/mol. The van der Waals surface area contributed by atoms with E-state index in [0.29, 0.717) is 44.0 Å². The van der Waals surface area contributed by atoms with Crippen LogP contribution >= 0.6 is 0 Å². The number of guanidine groups is 1. The van der Waals surface area contributed by atoms with Crippen LogP contribution in [-0.2, 0) is 16.6 Å². The minimum Gasteiger partial charge on any atom is -0.370 e. The van der Waals surface area contributed by atoms with Crippen LogP contribution in [0.3, 0.4) is 0 Å². The summed E-state index contributed by atoms with van der Waals surface area (Å²) in [5.41, 5.74) is 6.97. The van der Waals surface area contributed by atoms with E-state index in [2.05, 4.69) is 20.0 Å². The number of nitrogens with one attached hydrogen (secondary N) is 2. The molecule has 0 radical (unpaired) electrons. The van der Waals surface area contributed by atoms with E-state index in [4.69, 9.17) is 5.73 Å². The van der Waals surface area contributed by atoms with Gasteiger partial charge in [0, 0.05) is 43.2 Å². The van der Waals surface area contributed by atoms with Gasteiger partial charge < -0.3 is 16.0 Å². The Morgan fingerprint density at radius 3 is 2.47 bits per heavy atom. The molecule has 38 heavy (non-hydrogen) atoms. The van der Waals surface area contributed by atoms with E-state index in [9.17, 15) is 18.0 Å². The summed E-state index contributed by atoms with van der Waals surface area (Å²) in [6, 6.07) is 15.9. The zero-order valence-electron chi connectivity index (χ0n) is 20.6. The Bertz CT molecular complexity index is 1500. The zero-order valence-corrected chi connectivity index (χ0v) is 21.4. The van der Waals surface area contributed by atoms with Crippen LogP contribution in [0.4, 0.5) is 0 Å². The second-order valence-electron chi connectivity index (χ2n) is 9.49. The van der Waals surface area contributed by atoms with Gasteiger partial charge in [-0.3, -0.25) is 19.6 Å². The fourth-order valence-electron chi connectivity index (χ4n) is 4.77. The lowest BCUT2D eigenvalue weighted by Gasteiger charge is -2.39. The predicted octanol–water partition coefficient (Wildman–Crippen LogP) is 1.68. The van der Waals surface area contributed by atoms with Crippen LogP contribution in [0.1, 0.15) is 44.7 Å². The fraction of sp³-hybridized carbons (Fsp3) is 0.259. The van der Waals surface area contributed by atoms with E-state index in [-0.39, 0.29) is 39.6 Å². The minimum absolute atomic E-state index is 0.0390. The highest BCUT2D eigenvalue weighted by Gasteiger charge is 2.39. The van der Waals surface area contributed by atoms with Gasteiger partial charge in [-0.1, -0.05) is 36.4 Å². The van der Waals surface area contributed by atoms with Crippen molar-refractivity contribution < 1.29 is 18.0 Å². The van der Waals surface area contributed by atoms with Crippen LogP contribution in [0.15, 0.2) is 82.9 Å². The van der Waals surface area contributed by atoms with Gasteiger partial charge in [0.15, 0.2) is 11.7 Å². The number of likely N-dealkylation sites (tertiary alicyclic amines) is 1. The van der Waals surface area contributed by atoms with Crippen LogP contribution in [0.2, 0.25) is 0 Å². The molecule has 196 valence electrons. The number of rotatable bonds is 7. The summed E-state index contributed by atoms with van der Waals surface area (Å²) in [6.07, 6.45) is 4.58. The summed E-state index contributed by atoms with van der Waals surface area (Å²) in [5, 5.41) is 3.23. The first-order valence-corrected chi connectivity index (χ1v) is 13.7. The number of aromatic nitrogens is 1. The van der Waals surface area contributed by atoms with Crippen LogP contribution in [-0.4, -0.2) is 61.1 Å². The zero-order chi connectivity index (χ0) is 26.8. The topological polar surface area (TPSA) is 147 Å². The van der Waals surface area contributed by atoms with E-state index < -0.39 is 15.8 Å². The van der Waals surface area contributed by atoms with Crippen LogP contribution in [0, 0.1) is 0 Å². The van der Waals surface area contributed by atoms with Crippen molar-refractivity contribution in [3.8, 4) is 0 Å². The molecule has 1 aromatic heterocycles. The van der Waals surface area contributed by atoms with Crippen molar-refractivity contribution in [1.82, 2.24) is 19.9 Å². The number of benzene rings is 2. The molecule has 2 aliphatic heterocycles. The average Bonchev–Trinajstić information content (AvgIpc) is 3.31. The van der Waals surface area contributed by atoms with Gasteiger partial charge in [-0.15, -0.1) is 0 Å². The number of nitrogens with two attached hydrogens (primary N) is 1. The van der Waals surface area contributed by atoms with Gasteiger partial charge >= 0.3 is 0 Å². The highest BCUT2D eigenvalue weighted by atomic mass is 32.2. The Balaban J connectivity index is 1.32. The maximum absolute atomic E-state index is 13.5. The average molecular weight is 533 g/mol. The van der Waals surface area contributed by atoms with Crippen molar-refractivity contribution >= 4 is 27.7 Å².